The molecule has 0 radical (unpaired) electrons. The molecule has 2 rings (SSSR count). The van der Waals surface area contributed by atoms with E-state index in [1.54, 1.807) is 7.11 Å². The van der Waals surface area contributed by atoms with Crippen LogP contribution >= 0.6 is 0 Å². The van der Waals surface area contributed by atoms with Gasteiger partial charge in [0.1, 0.15) is 5.75 Å². The van der Waals surface area contributed by atoms with Crippen LogP contribution in [0.4, 0.5) is 0 Å². The molecule has 1 aliphatic heterocycles. The molecule has 82 valence electrons. The van der Waals surface area contributed by atoms with Crippen molar-refractivity contribution < 1.29 is 4.74 Å². The van der Waals surface area contributed by atoms with Gasteiger partial charge >= 0.3 is 0 Å². The number of nitrogens with one attached hydrogen (secondary N) is 1. The van der Waals surface area contributed by atoms with E-state index in [1.807, 2.05) is 6.07 Å². The highest BCUT2D eigenvalue weighted by Crippen LogP contribution is 2.32. The summed E-state index contributed by atoms with van der Waals surface area (Å²) in [5, 5.41) is 3.57. The van der Waals surface area contributed by atoms with Crippen LogP contribution in [0.15, 0.2) is 24.3 Å². The van der Waals surface area contributed by atoms with Crippen molar-refractivity contribution in [3.63, 3.8) is 0 Å². The SMILES string of the molecule is CCC1CCNC1c1cccc(OC)c1. The second-order valence-corrected chi connectivity index (χ2v) is 4.17. The van der Waals surface area contributed by atoms with Gasteiger partial charge in [-0.2, -0.15) is 0 Å². The lowest BCUT2D eigenvalue weighted by Crippen LogP contribution is -2.17. The molecule has 0 aromatic heterocycles. The fourth-order valence-electron chi connectivity index (χ4n) is 2.42. The smallest absolute Gasteiger partial charge is 0.119 e. The molecule has 0 amide bonds. The van der Waals surface area contributed by atoms with Crippen molar-refractivity contribution in [3.05, 3.63) is 29.8 Å². The average molecular weight is 205 g/mol. The Morgan fingerprint density at radius 1 is 1.47 bits per heavy atom. The lowest BCUT2D eigenvalue weighted by atomic mass is 9.92. The van der Waals surface area contributed by atoms with Crippen LogP contribution in [-0.2, 0) is 0 Å². The molecule has 0 bridgehead atoms. The van der Waals surface area contributed by atoms with Crippen molar-refractivity contribution in [2.75, 3.05) is 13.7 Å². The maximum atomic E-state index is 5.26. The number of hydrogen-bond donors (Lipinski definition) is 1. The summed E-state index contributed by atoms with van der Waals surface area (Å²) in [6.07, 6.45) is 2.53. The van der Waals surface area contributed by atoms with Gasteiger partial charge in [-0.15, -0.1) is 0 Å². The largest absolute Gasteiger partial charge is 0.497 e. The Morgan fingerprint density at radius 2 is 2.33 bits per heavy atom. The predicted octanol–water partition coefficient (Wildman–Crippen LogP) is 2.76. The normalized spacial score (nSPS) is 25.5. The highest BCUT2D eigenvalue weighted by atomic mass is 16.5. The average Bonchev–Trinajstić information content (AvgIpc) is 2.77. The zero-order chi connectivity index (χ0) is 10.7. The summed E-state index contributed by atoms with van der Waals surface area (Å²) in [5.41, 5.74) is 1.36. The van der Waals surface area contributed by atoms with Gasteiger partial charge in [0.15, 0.2) is 0 Å². The van der Waals surface area contributed by atoms with Gasteiger partial charge in [0.25, 0.3) is 0 Å². The van der Waals surface area contributed by atoms with E-state index >= 15 is 0 Å². The number of methoxy groups -OCH3 is 1. The van der Waals surface area contributed by atoms with Crippen molar-refractivity contribution in [1.29, 1.82) is 0 Å². The summed E-state index contributed by atoms with van der Waals surface area (Å²) in [6.45, 7) is 3.41. The Balaban J connectivity index is 2.20. The van der Waals surface area contributed by atoms with Crippen molar-refractivity contribution in [2.45, 2.75) is 25.8 Å². The molecule has 2 unspecified atom stereocenters. The van der Waals surface area contributed by atoms with Gasteiger partial charge in [-0.1, -0.05) is 25.5 Å². The first-order valence-electron chi connectivity index (χ1n) is 5.72. The summed E-state index contributed by atoms with van der Waals surface area (Å²) < 4.78 is 5.26. The van der Waals surface area contributed by atoms with E-state index in [1.165, 1.54) is 18.4 Å². The Bertz CT molecular complexity index is 324. The zero-order valence-corrected chi connectivity index (χ0v) is 9.49. The maximum absolute atomic E-state index is 5.26. The molecule has 2 heteroatoms. The zero-order valence-electron chi connectivity index (χ0n) is 9.49. The fraction of sp³-hybridized carbons (Fsp3) is 0.538. The van der Waals surface area contributed by atoms with Crippen LogP contribution < -0.4 is 10.1 Å². The van der Waals surface area contributed by atoms with Crippen LogP contribution in [0.3, 0.4) is 0 Å². The van der Waals surface area contributed by atoms with Crippen LogP contribution in [0.2, 0.25) is 0 Å². The molecule has 1 aliphatic rings. The van der Waals surface area contributed by atoms with E-state index < -0.39 is 0 Å². The quantitative estimate of drug-likeness (QED) is 0.819. The third-order valence-corrected chi connectivity index (χ3v) is 3.33. The number of rotatable bonds is 3. The van der Waals surface area contributed by atoms with Gasteiger partial charge in [0, 0.05) is 6.04 Å². The molecule has 2 nitrogen and oxygen atoms in total. The van der Waals surface area contributed by atoms with Crippen LogP contribution in [-0.4, -0.2) is 13.7 Å². The summed E-state index contributed by atoms with van der Waals surface area (Å²) in [5.74, 6) is 1.73. The van der Waals surface area contributed by atoms with Gasteiger partial charge in [-0.05, 0) is 36.6 Å². The van der Waals surface area contributed by atoms with Crippen molar-refractivity contribution in [2.24, 2.45) is 5.92 Å². The first kappa shape index (κ1) is 10.5. The van der Waals surface area contributed by atoms with Crippen LogP contribution in [0.1, 0.15) is 31.4 Å². The number of hydrogen-bond acceptors (Lipinski definition) is 2. The molecular weight excluding hydrogens is 186 g/mol. The molecule has 0 saturated carbocycles. The molecule has 1 heterocycles. The van der Waals surface area contributed by atoms with Crippen LogP contribution in [0, 0.1) is 5.92 Å². The van der Waals surface area contributed by atoms with Crippen LogP contribution in [0.25, 0.3) is 0 Å². The number of benzene rings is 1. The van der Waals surface area contributed by atoms with Gasteiger partial charge in [0.2, 0.25) is 0 Å². The third kappa shape index (κ3) is 2.15. The minimum Gasteiger partial charge on any atom is -0.497 e. The molecule has 1 saturated heterocycles. The molecular formula is C13H19NO. The van der Waals surface area contributed by atoms with Crippen LogP contribution in [0.5, 0.6) is 5.75 Å². The second-order valence-electron chi connectivity index (χ2n) is 4.17. The van der Waals surface area contributed by atoms with Gasteiger partial charge in [0.05, 0.1) is 7.11 Å². The highest BCUT2D eigenvalue weighted by molar-refractivity contribution is 5.31. The number of ether oxygens (including phenoxy) is 1. The summed E-state index contributed by atoms with van der Waals surface area (Å²) >= 11 is 0. The van der Waals surface area contributed by atoms with Gasteiger partial charge in [-0.25, -0.2) is 0 Å². The minimum atomic E-state index is 0.519. The van der Waals surface area contributed by atoms with E-state index in [2.05, 4.69) is 30.4 Å². The van der Waals surface area contributed by atoms with Gasteiger partial charge < -0.3 is 10.1 Å². The molecule has 0 aliphatic carbocycles. The minimum absolute atomic E-state index is 0.519. The van der Waals surface area contributed by atoms with Crippen molar-refractivity contribution in [1.82, 2.24) is 5.32 Å². The lowest BCUT2D eigenvalue weighted by molar-refractivity contribution is 0.409. The molecule has 1 N–H and O–H groups in total. The van der Waals surface area contributed by atoms with E-state index in [4.69, 9.17) is 4.74 Å². The third-order valence-electron chi connectivity index (χ3n) is 3.33. The topological polar surface area (TPSA) is 21.3 Å². The monoisotopic (exact) mass is 205 g/mol. The maximum Gasteiger partial charge on any atom is 0.119 e. The fourth-order valence-corrected chi connectivity index (χ4v) is 2.42. The second kappa shape index (κ2) is 4.67. The first-order chi connectivity index (χ1) is 7.35. The highest BCUT2D eigenvalue weighted by Gasteiger charge is 2.26. The van der Waals surface area contributed by atoms with E-state index in [0.717, 1.165) is 18.2 Å². The molecule has 1 fully saturated rings. The first-order valence-corrected chi connectivity index (χ1v) is 5.72. The standard InChI is InChI=1S/C13H19NO/c1-3-10-7-8-14-13(10)11-5-4-6-12(9-11)15-2/h4-6,9-10,13-14H,3,7-8H2,1-2H3. The molecule has 1 aromatic rings. The molecule has 0 spiro atoms. The Labute approximate surface area is 91.6 Å². The summed E-state index contributed by atoms with van der Waals surface area (Å²) in [6, 6.07) is 8.92. The van der Waals surface area contributed by atoms with Crippen molar-refractivity contribution in [3.8, 4) is 5.75 Å². The summed E-state index contributed by atoms with van der Waals surface area (Å²) in [7, 11) is 1.72. The predicted molar refractivity (Wildman–Crippen MR) is 62.1 cm³/mol. The lowest BCUT2D eigenvalue weighted by Gasteiger charge is -2.18. The van der Waals surface area contributed by atoms with Crippen molar-refractivity contribution >= 4 is 0 Å². The molecule has 1 aromatic carbocycles. The Hall–Kier alpha value is -1.02. The Kier molecular flexibility index (Phi) is 3.27. The van der Waals surface area contributed by atoms with E-state index in [0.29, 0.717) is 6.04 Å². The summed E-state index contributed by atoms with van der Waals surface area (Å²) in [4.78, 5) is 0. The Morgan fingerprint density at radius 3 is 3.07 bits per heavy atom. The van der Waals surface area contributed by atoms with E-state index in [-0.39, 0.29) is 0 Å². The molecule has 2 atom stereocenters. The van der Waals surface area contributed by atoms with E-state index in [9.17, 15) is 0 Å². The van der Waals surface area contributed by atoms with Gasteiger partial charge in [-0.3, -0.25) is 0 Å². The molecule has 15 heavy (non-hydrogen) atoms.